The molecule has 0 fully saturated rings. The normalized spacial score (nSPS) is 12.0. The summed E-state index contributed by atoms with van der Waals surface area (Å²) in [7, 11) is 3.93. The number of pyridine rings is 1. The lowest BCUT2D eigenvalue weighted by Crippen LogP contribution is -2.38. The van der Waals surface area contributed by atoms with Crippen molar-refractivity contribution < 1.29 is 4.79 Å². The van der Waals surface area contributed by atoms with E-state index in [0.29, 0.717) is 18.8 Å². The van der Waals surface area contributed by atoms with Gasteiger partial charge in [0.2, 0.25) is 0 Å². The van der Waals surface area contributed by atoms with Gasteiger partial charge >= 0.3 is 6.03 Å². The molecule has 6 heteroatoms. The number of likely N-dealkylation sites (N-methyl/N-ethyl adjacent to an activating group) is 1. The van der Waals surface area contributed by atoms with E-state index in [4.69, 9.17) is 0 Å². The topological polar surface area (TPSA) is 66.4 Å². The fourth-order valence-corrected chi connectivity index (χ4v) is 2.46. The summed E-state index contributed by atoms with van der Waals surface area (Å²) in [6.07, 6.45) is 1.64. The number of nitrogens with zero attached hydrogens (tertiary/aromatic N) is 2. The summed E-state index contributed by atoms with van der Waals surface area (Å²) in [6, 6.07) is 12.5. The van der Waals surface area contributed by atoms with E-state index in [-0.39, 0.29) is 17.6 Å². The number of aromatic nitrogens is 1. The van der Waals surface area contributed by atoms with Crippen LogP contribution < -0.4 is 16.2 Å². The summed E-state index contributed by atoms with van der Waals surface area (Å²) in [5.74, 6) is 0. The Labute approximate surface area is 142 Å². The average molecular weight is 328 g/mol. The van der Waals surface area contributed by atoms with E-state index >= 15 is 0 Å². The van der Waals surface area contributed by atoms with Crippen LogP contribution in [0.25, 0.3) is 0 Å². The Bertz CT molecular complexity index is 725. The number of urea groups is 1. The lowest BCUT2D eigenvalue weighted by atomic mass is 10.1. The van der Waals surface area contributed by atoms with Crippen molar-refractivity contribution in [3.05, 3.63) is 64.6 Å². The van der Waals surface area contributed by atoms with Crippen LogP contribution in [0.5, 0.6) is 0 Å². The first-order valence-electron chi connectivity index (χ1n) is 7.97. The quantitative estimate of drug-likeness (QED) is 0.855. The Morgan fingerprint density at radius 2 is 1.88 bits per heavy atom. The van der Waals surface area contributed by atoms with Gasteiger partial charge in [0.15, 0.2) is 0 Å². The molecule has 0 spiro atoms. The van der Waals surface area contributed by atoms with E-state index in [1.807, 2.05) is 56.3 Å². The maximum atomic E-state index is 12.3. The van der Waals surface area contributed by atoms with Gasteiger partial charge in [-0.15, -0.1) is 0 Å². The van der Waals surface area contributed by atoms with Crippen molar-refractivity contribution in [1.29, 1.82) is 0 Å². The van der Waals surface area contributed by atoms with Gasteiger partial charge < -0.3 is 20.1 Å². The predicted molar refractivity (Wildman–Crippen MR) is 96.3 cm³/mol. The summed E-state index contributed by atoms with van der Waals surface area (Å²) < 4.78 is 1.55. The molecule has 1 heterocycles. The number of hydrogen-bond acceptors (Lipinski definition) is 3. The summed E-state index contributed by atoms with van der Waals surface area (Å²) in [5.41, 5.74) is 1.55. The molecule has 2 N–H and O–H groups in total. The van der Waals surface area contributed by atoms with Crippen molar-refractivity contribution in [2.45, 2.75) is 19.5 Å². The summed E-state index contributed by atoms with van der Waals surface area (Å²) in [4.78, 5) is 26.0. The monoisotopic (exact) mass is 328 g/mol. The Morgan fingerprint density at radius 3 is 2.50 bits per heavy atom. The van der Waals surface area contributed by atoms with Crippen LogP contribution in [0.15, 0.2) is 53.5 Å². The van der Waals surface area contributed by atoms with Crippen molar-refractivity contribution in [3.63, 3.8) is 0 Å². The number of rotatable bonds is 6. The fourth-order valence-electron chi connectivity index (χ4n) is 2.46. The van der Waals surface area contributed by atoms with Gasteiger partial charge in [0.25, 0.3) is 5.56 Å². The van der Waals surface area contributed by atoms with Crippen LogP contribution in [0, 0.1) is 0 Å². The lowest BCUT2D eigenvalue weighted by Gasteiger charge is -2.23. The van der Waals surface area contributed by atoms with Gasteiger partial charge in [-0.2, -0.15) is 0 Å². The molecular formula is C18H24N4O2. The highest BCUT2D eigenvalue weighted by atomic mass is 16.2. The molecule has 24 heavy (non-hydrogen) atoms. The largest absolute Gasteiger partial charge is 0.330 e. The Balaban J connectivity index is 2.09. The molecule has 2 amide bonds. The Morgan fingerprint density at radius 1 is 1.17 bits per heavy atom. The minimum absolute atomic E-state index is 0.0850. The summed E-state index contributed by atoms with van der Waals surface area (Å²) in [6.45, 7) is 3.13. The number of benzene rings is 1. The van der Waals surface area contributed by atoms with Crippen molar-refractivity contribution >= 4 is 11.7 Å². The highest BCUT2D eigenvalue weighted by molar-refractivity contribution is 5.89. The number of nitrogens with one attached hydrogen (secondary N) is 2. The predicted octanol–water partition coefficient (Wildman–Crippen LogP) is 2.29. The number of amides is 2. The molecule has 0 saturated carbocycles. The molecular weight excluding hydrogens is 304 g/mol. The molecule has 2 aromatic rings. The molecule has 0 aliphatic carbocycles. The average Bonchev–Trinajstić information content (AvgIpc) is 2.56. The van der Waals surface area contributed by atoms with Gasteiger partial charge in [0.1, 0.15) is 0 Å². The maximum Gasteiger partial charge on any atom is 0.319 e. The molecule has 6 nitrogen and oxygen atoms in total. The van der Waals surface area contributed by atoms with Gasteiger partial charge in [-0.05, 0) is 32.6 Å². The second-order valence-electron chi connectivity index (χ2n) is 5.87. The third-order valence-electron chi connectivity index (χ3n) is 3.64. The standard InChI is InChI=1S/C18H24N4O2/c1-4-22-12-15(10-11-17(22)23)19-18(24)20-16(13-21(2)3)14-8-6-5-7-9-14/h5-12,16H,4,13H2,1-3H3,(H2,19,20,24). The first kappa shape index (κ1) is 17.7. The van der Waals surface area contributed by atoms with Crippen LogP contribution >= 0.6 is 0 Å². The zero-order chi connectivity index (χ0) is 17.5. The van der Waals surface area contributed by atoms with Crippen LogP contribution in [-0.4, -0.2) is 36.1 Å². The van der Waals surface area contributed by atoms with Crippen molar-refractivity contribution in [3.8, 4) is 0 Å². The number of hydrogen-bond donors (Lipinski definition) is 2. The smallest absolute Gasteiger partial charge is 0.319 e. The Hall–Kier alpha value is -2.60. The first-order valence-corrected chi connectivity index (χ1v) is 7.97. The zero-order valence-electron chi connectivity index (χ0n) is 14.3. The number of anilines is 1. The van der Waals surface area contributed by atoms with Gasteiger partial charge in [-0.25, -0.2) is 4.79 Å². The number of aryl methyl sites for hydroxylation is 1. The molecule has 2 rings (SSSR count). The van der Waals surface area contributed by atoms with E-state index in [1.54, 1.807) is 16.8 Å². The first-order chi connectivity index (χ1) is 11.5. The molecule has 1 unspecified atom stereocenters. The maximum absolute atomic E-state index is 12.3. The van der Waals surface area contributed by atoms with E-state index in [2.05, 4.69) is 10.6 Å². The van der Waals surface area contributed by atoms with Crippen LogP contribution in [0.2, 0.25) is 0 Å². The van der Waals surface area contributed by atoms with Crippen LogP contribution in [0.4, 0.5) is 10.5 Å². The zero-order valence-corrected chi connectivity index (χ0v) is 14.3. The van der Waals surface area contributed by atoms with Crippen molar-refractivity contribution in [1.82, 2.24) is 14.8 Å². The molecule has 0 aliphatic heterocycles. The molecule has 1 aromatic heterocycles. The van der Waals surface area contributed by atoms with Gasteiger partial charge in [-0.1, -0.05) is 30.3 Å². The highest BCUT2D eigenvalue weighted by Gasteiger charge is 2.15. The third kappa shape index (κ3) is 4.96. The van der Waals surface area contributed by atoms with E-state index in [1.165, 1.54) is 6.07 Å². The van der Waals surface area contributed by atoms with Gasteiger partial charge in [0, 0.05) is 25.4 Å². The minimum atomic E-state index is -0.299. The summed E-state index contributed by atoms with van der Waals surface area (Å²) >= 11 is 0. The number of carbonyl (C=O) groups is 1. The molecule has 0 aliphatic rings. The second kappa shape index (κ2) is 8.31. The second-order valence-corrected chi connectivity index (χ2v) is 5.87. The van der Waals surface area contributed by atoms with Crippen molar-refractivity contribution in [2.75, 3.05) is 26.0 Å². The minimum Gasteiger partial charge on any atom is -0.330 e. The highest BCUT2D eigenvalue weighted by Crippen LogP contribution is 2.14. The van der Waals surface area contributed by atoms with Crippen LogP contribution in [0.1, 0.15) is 18.5 Å². The number of carbonyl (C=O) groups excluding carboxylic acids is 1. The Kier molecular flexibility index (Phi) is 6.14. The SMILES string of the molecule is CCn1cc(NC(=O)NC(CN(C)C)c2ccccc2)ccc1=O. The molecule has 0 bridgehead atoms. The lowest BCUT2D eigenvalue weighted by molar-refractivity contribution is 0.244. The van der Waals surface area contributed by atoms with E-state index < -0.39 is 0 Å². The summed E-state index contributed by atoms with van der Waals surface area (Å²) in [5, 5.41) is 5.78. The van der Waals surface area contributed by atoms with E-state index in [0.717, 1.165) is 5.56 Å². The third-order valence-corrected chi connectivity index (χ3v) is 3.64. The molecule has 128 valence electrons. The molecule has 0 saturated heterocycles. The van der Waals surface area contributed by atoms with Gasteiger partial charge in [-0.3, -0.25) is 4.79 Å². The fraction of sp³-hybridized carbons (Fsp3) is 0.333. The molecule has 1 aromatic carbocycles. The van der Waals surface area contributed by atoms with Gasteiger partial charge in [0.05, 0.1) is 11.7 Å². The van der Waals surface area contributed by atoms with E-state index in [9.17, 15) is 9.59 Å². The molecule has 0 radical (unpaired) electrons. The van der Waals surface area contributed by atoms with Crippen molar-refractivity contribution in [2.24, 2.45) is 0 Å². The van der Waals surface area contributed by atoms with Crippen LogP contribution in [-0.2, 0) is 6.54 Å². The van der Waals surface area contributed by atoms with Crippen LogP contribution in [0.3, 0.4) is 0 Å². The molecule has 1 atom stereocenters.